The molecule has 1 saturated heterocycles. The van der Waals surface area contributed by atoms with Crippen molar-refractivity contribution in [3.8, 4) is 0 Å². The number of amides is 1. The van der Waals surface area contributed by atoms with E-state index < -0.39 is 5.97 Å². The predicted octanol–water partition coefficient (Wildman–Crippen LogP) is 0.635. The quantitative estimate of drug-likeness (QED) is 0.742. The average Bonchev–Trinajstić information content (AvgIpc) is 2.46. The van der Waals surface area contributed by atoms with E-state index in [-0.39, 0.29) is 18.4 Å². The van der Waals surface area contributed by atoms with Crippen LogP contribution in [0.4, 0.5) is 0 Å². The first kappa shape index (κ1) is 14.9. The number of nitrogens with one attached hydrogen (secondary N) is 2. The molecule has 0 aliphatic carbocycles. The molecule has 1 aliphatic heterocycles. The molecule has 1 atom stereocenters. The molecule has 5 nitrogen and oxygen atoms in total. The number of carboxylic acids is 1. The summed E-state index contributed by atoms with van der Waals surface area (Å²) in [6.07, 6.45) is -0.0242. The van der Waals surface area contributed by atoms with Crippen molar-refractivity contribution in [2.45, 2.75) is 19.0 Å². The summed E-state index contributed by atoms with van der Waals surface area (Å²) >= 11 is 1.76. The Labute approximate surface area is 122 Å². The van der Waals surface area contributed by atoms with E-state index in [2.05, 4.69) is 10.6 Å². The lowest BCUT2D eigenvalue weighted by molar-refractivity contribution is -0.136. The summed E-state index contributed by atoms with van der Waals surface area (Å²) in [5.41, 5.74) is 1.60. The maximum Gasteiger partial charge on any atom is 0.307 e. The summed E-state index contributed by atoms with van der Waals surface area (Å²) in [4.78, 5) is 22.8. The summed E-state index contributed by atoms with van der Waals surface area (Å²) in [6.45, 7) is 1.21. The molecule has 20 heavy (non-hydrogen) atoms. The largest absolute Gasteiger partial charge is 0.481 e. The third kappa shape index (κ3) is 4.25. The van der Waals surface area contributed by atoms with Gasteiger partial charge in [0.15, 0.2) is 0 Å². The molecule has 0 spiro atoms. The number of carbonyl (C=O) groups is 2. The fourth-order valence-electron chi connectivity index (χ4n) is 2.10. The molecule has 1 heterocycles. The second-order valence-electron chi connectivity index (χ2n) is 4.64. The minimum Gasteiger partial charge on any atom is -0.481 e. The van der Waals surface area contributed by atoms with Gasteiger partial charge in [0.25, 0.3) is 0 Å². The first-order valence-electron chi connectivity index (χ1n) is 6.54. The number of carboxylic acid groups (broad SMARTS) is 1. The Morgan fingerprint density at radius 2 is 2.10 bits per heavy atom. The van der Waals surface area contributed by atoms with Crippen LogP contribution in [0.3, 0.4) is 0 Å². The molecule has 0 saturated carbocycles. The lowest BCUT2D eigenvalue weighted by Gasteiger charge is -2.22. The van der Waals surface area contributed by atoms with Crippen LogP contribution in [0.5, 0.6) is 0 Å². The van der Waals surface area contributed by atoms with Gasteiger partial charge >= 0.3 is 5.97 Å². The number of carbonyl (C=O) groups excluding carboxylic acids is 1. The number of benzene rings is 1. The predicted molar refractivity (Wildman–Crippen MR) is 78.7 cm³/mol. The number of rotatable bonds is 5. The van der Waals surface area contributed by atoms with Crippen LogP contribution in [-0.4, -0.2) is 41.1 Å². The van der Waals surface area contributed by atoms with Gasteiger partial charge < -0.3 is 15.7 Å². The van der Waals surface area contributed by atoms with Gasteiger partial charge in [0.1, 0.15) is 0 Å². The molecule has 0 bridgehead atoms. The maximum atomic E-state index is 12.0. The van der Waals surface area contributed by atoms with E-state index in [1.807, 2.05) is 18.2 Å². The third-order valence-electron chi connectivity index (χ3n) is 3.15. The van der Waals surface area contributed by atoms with Crippen LogP contribution in [0.2, 0.25) is 0 Å². The van der Waals surface area contributed by atoms with Gasteiger partial charge in [-0.05, 0) is 11.1 Å². The third-order valence-corrected chi connectivity index (χ3v) is 4.21. The summed E-state index contributed by atoms with van der Waals surface area (Å²) in [6, 6.07) is 7.14. The molecule has 3 N–H and O–H groups in total. The second-order valence-corrected chi connectivity index (χ2v) is 5.79. The van der Waals surface area contributed by atoms with Gasteiger partial charge in [0, 0.05) is 24.6 Å². The first-order valence-corrected chi connectivity index (χ1v) is 7.69. The lowest BCUT2D eigenvalue weighted by Crippen LogP contribution is -2.48. The van der Waals surface area contributed by atoms with E-state index in [0.717, 1.165) is 29.2 Å². The van der Waals surface area contributed by atoms with Crippen LogP contribution in [0.1, 0.15) is 11.1 Å². The molecular weight excluding hydrogens is 276 g/mol. The standard InChI is InChI=1S/C14H18N2O3S/c17-13(18)7-10-3-1-2-4-11(10)8-16-14(19)12-9-20-6-5-15-12/h1-4,12,15H,5-9H2,(H,16,19)(H,17,18). The summed E-state index contributed by atoms with van der Waals surface area (Å²) < 4.78 is 0. The van der Waals surface area contributed by atoms with Crippen molar-refractivity contribution in [1.82, 2.24) is 10.6 Å². The van der Waals surface area contributed by atoms with Crippen molar-refractivity contribution >= 4 is 23.6 Å². The van der Waals surface area contributed by atoms with Gasteiger partial charge in [-0.25, -0.2) is 0 Å². The van der Waals surface area contributed by atoms with E-state index in [0.29, 0.717) is 6.54 Å². The Kier molecular flexibility index (Phi) is 5.43. The molecule has 0 aromatic heterocycles. The van der Waals surface area contributed by atoms with E-state index in [4.69, 9.17) is 5.11 Å². The van der Waals surface area contributed by atoms with Crippen LogP contribution in [0, 0.1) is 0 Å². The Bertz CT molecular complexity index is 487. The Morgan fingerprint density at radius 1 is 1.35 bits per heavy atom. The smallest absolute Gasteiger partial charge is 0.307 e. The fourth-order valence-corrected chi connectivity index (χ4v) is 3.04. The van der Waals surface area contributed by atoms with E-state index in [1.165, 1.54) is 0 Å². The van der Waals surface area contributed by atoms with Crippen LogP contribution in [0.25, 0.3) is 0 Å². The zero-order valence-corrected chi connectivity index (χ0v) is 11.9. The van der Waals surface area contributed by atoms with Crippen molar-refractivity contribution in [2.24, 2.45) is 0 Å². The number of hydrogen-bond donors (Lipinski definition) is 3. The van der Waals surface area contributed by atoms with Crippen LogP contribution in [-0.2, 0) is 22.6 Å². The summed E-state index contributed by atoms with van der Waals surface area (Å²) in [5, 5.41) is 14.9. The van der Waals surface area contributed by atoms with Gasteiger partial charge in [-0.3, -0.25) is 9.59 Å². The zero-order valence-electron chi connectivity index (χ0n) is 11.1. The van der Waals surface area contributed by atoms with E-state index >= 15 is 0 Å². The maximum absolute atomic E-state index is 12.0. The van der Waals surface area contributed by atoms with Gasteiger partial charge in [-0.2, -0.15) is 11.8 Å². The van der Waals surface area contributed by atoms with Crippen molar-refractivity contribution in [1.29, 1.82) is 0 Å². The van der Waals surface area contributed by atoms with Crippen molar-refractivity contribution in [3.05, 3.63) is 35.4 Å². The lowest BCUT2D eigenvalue weighted by atomic mass is 10.0. The normalized spacial score (nSPS) is 18.5. The Morgan fingerprint density at radius 3 is 2.75 bits per heavy atom. The second kappa shape index (κ2) is 7.31. The summed E-state index contributed by atoms with van der Waals surface area (Å²) in [7, 11) is 0. The van der Waals surface area contributed by atoms with Gasteiger partial charge in [0.05, 0.1) is 12.5 Å². The molecule has 108 valence electrons. The molecule has 1 amide bonds. The highest BCUT2D eigenvalue weighted by Gasteiger charge is 2.20. The molecule has 2 rings (SSSR count). The van der Waals surface area contributed by atoms with Crippen LogP contribution in [0.15, 0.2) is 24.3 Å². The molecule has 0 radical (unpaired) electrons. The number of thioether (sulfide) groups is 1. The molecule has 1 aromatic rings. The van der Waals surface area contributed by atoms with Crippen LogP contribution >= 0.6 is 11.8 Å². The average molecular weight is 294 g/mol. The number of hydrogen-bond acceptors (Lipinski definition) is 4. The van der Waals surface area contributed by atoms with Crippen molar-refractivity contribution < 1.29 is 14.7 Å². The van der Waals surface area contributed by atoms with E-state index in [1.54, 1.807) is 17.8 Å². The SMILES string of the molecule is O=C(O)Cc1ccccc1CNC(=O)C1CSCCN1. The molecule has 6 heteroatoms. The molecule has 1 aliphatic rings. The van der Waals surface area contributed by atoms with Gasteiger partial charge in [-0.15, -0.1) is 0 Å². The van der Waals surface area contributed by atoms with E-state index in [9.17, 15) is 9.59 Å². The Balaban J connectivity index is 1.92. The molecule has 1 aromatic carbocycles. The molecule has 1 fully saturated rings. The van der Waals surface area contributed by atoms with Gasteiger partial charge in [0.2, 0.25) is 5.91 Å². The number of aliphatic carboxylic acids is 1. The fraction of sp³-hybridized carbons (Fsp3) is 0.429. The monoisotopic (exact) mass is 294 g/mol. The molecular formula is C14H18N2O3S. The van der Waals surface area contributed by atoms with Gasteiger partial charge in [-0.1, -0.05) is 24.3 Å². The highest BCUT2D eigenvalue weighted by atomic mass is 32.2. The summed E-state index contributed by atoms with van der Waals surface area (Å²) in [5.74, 6) is 0.921. The first-order chi connectivity index (χ1) is 9.66. The minimum absolute atomic E-state index is 0.0242. The molecule has 1 unspecified atom stereocenters. The zero-order chi connectivity index (χ0) is 14.4. The van der Waals surface area contributed by atoms with Crippen LogP contribution < -0.4 is 10.6 Å². The highest BCUT2D eigenvalue weighted by Crippen LogP contribution is 2.11. The highest BCUT2D eigenvalue weighted by molar-refractivity contribution is 7.99. The Hall–Kier alpha value is -1.53. The van der Waals surface area contributed by atoms with Crippen molar-refractivity contribution in [2.75, 3.05) is 18.1 Å². The minimum atomic E-state index is -0.867. The topological polar surface area (TPSA) is 78.4 Å². The van der Waals surface area contributed by atoms with Crippen molar-refractivity contribution in [3.63, 3.8) is 0 Å².